The molecule has 1 aliphatic carbocycles. The van der Waals surface area contributed by atoms with Gasteiger partial charge in [-0.15, -0.1) is 12.6 Å². The Bertz CT molecular complexity index is 1890. The molecule has 4 atom stereocenters. The van der Waals surface area contributed by atoms with E-state index in [1.165, 1.54) is 11.0 Å². The predicted molar refractivity (Wildman–Crippen MR) is 216 cm³/mol. The normalized spacial score (nSPS) is 27.3. The highest BCUT2D eigenvalue weighted by molar-refractivity contribution is 7.81. The van der Waals surface area contributed by atoms with E-state index >= 15 is 0 Å². The number of rotatable bonds is 12. The van der Waals surface area contributed by atoms with Crippen LogP contribution in [-0.2, 0) is 30.1 Å². The molecule has 1 saturated carbocycles. The van der Waals surface area contributed by atoms with Gasteiger partial charge in [-0.2, -0.15) is 18.4 Å². The van der Waals surface area contributed by atoms with Crippen LogP contribution in [0.15, 0.2) is 42.5 Å². The van der Waals surface area contributed by atoms with Gasteiger partial charge in [0.15, 0.2) is 0 Å². The van der Waals surface area contributed by atoms with Crippen LogP contribution >= 0.6 is 12.6 Å². The number of amides is 4. The van der Waals surface area contributed by atoms with Crippen LogP contribution in [0.1, 0.15) is 83.8 Å². The van der Waals surface area contributed by atoms with Gasteiger partial charge in [0.2, 0.25) is 23.6 Å². The molecular formula is C41H53F3N8O5S. The van der Waals surface area contributed by atoms with Crippen LogP contribution in [0.4, 0.5) is 30.2 Å². The Morgan fingerprint density at radius 2 is 1.71 bits per heavy atom. The molecule has 2 aromatic rings. The molecule has 0 spiro atoms. The summed E-state index contributed by atoms with van der Waals surface area (Å²) in [5, 5.41) is 17.7. The second kappa shape index (κ2) is 18.0. The van der Waals surface area contributed by atoms with Crippen molar-refractivity contribution in [3.63, 3.8) is 0 Å². The van der Waals surface area contributed by atoms with E-state index in [-0.39, 0.29) is 66.5 Å². The summed E-state index contributed by atoms with van der Waals surface area (Å²) >= 11 is 4.76. The van der Waals surface area contributed by atoms with Gasteiger partial charge < -0.3 is 20.3 Å². The number of imide groups is 1. The van der Waals surface area contributed by atoms with E-state index in [9.17, 15) is 37.6 Å². The highest BCUT2D eigenvalue weighted by atomic mass is 32.1. The molecule has 58 heavy (non-hydrogen) atoms. The number of benzene rings is 2. The van der Waals surface area contributed by atoms with Gasteiger partial charge >= 0.3 is 6.18 Å². The number of halogens is 3. The van der Waals surface area contributed by atoms with E-state index in [0.29, 0.717) is 24.4 Å². The summed E-state index contributed by atoms with van der Waals surface area (Å²) in [6.07, 6.45) is -0.0504. The number of hydrogen-bond donors (Lipinski definition) is 4. The Kier molecular flexibility index (Phi) is 13.4. The third kappa shape index (κ3) is 9.79. The number of thiol groups is 1. The van der Waals surface area contributed by atoms with Crippen LogP contribution in [0, 0.1) is 11.3 Å². The highest BCUT2D eigenvalue weighted by Gasteiger charge is 2.54. The average molecular weight is 827 g/mol. The zero-order chi connectivity index (χ0) is 41.9. The van der Waals surface area contributed by atoms with E-state index in [1.807, 2.05) is 11.0 Å². The van der Waals surface area contributed by atoms with Gasteiger partial charge in [-0.1, -0.05) is 6.07 Å². The number of carbonyl (C=O) groups excluding carboxylic acids is 4. The van der Waals surface area contributed by atoms with Gasteiger partial charge in [0.1, 0.15) is 11.5 Å². The fourth-order valence-corrected chi connectivity index (χ4v) is 9.62. The monoisotopic (exact) mass is 826 g/mol. The number of nitrogens with zero attached hydrogens (tertiary/aromatic N) is 5. The van der Waals surface area contributed by atoms with Crippen LogP contribution in [-0.4, -0.2) is 112 Å². The molecule has 2 unspecified atom stereocenters. The SMILES string of the molecule is C[C@@H]1CN(CCCOC2CCC(N3C(S)N(c4ccc(C#N)c(C(F)(F)F)c4)C(=O)C3(C)C)CC2)C[C@H](C)N1CC(=O)Nc1cccc(NC2CCC(=O)NC2=O)c1. The second-order valence-electron chi connectivity index (χ2n) is 16.4. The molecule has 0 radical (unpaired) electrons. The summed E-state index contributed by atoms with van der Waals surface area (Å²) in [4.78, 5) is 58.3. The number of ether oxygens (including phenoxy) is 1. The highest BCUT2D eigenvalue weighted by Crippen LogP contribution is 2.43. The summed E-state index contributed by atoms with van der Waals surface area (Å²) in [5.74, 6) is -1.10. The molecular weight excluding hydrogens is 774 g/mol. The van der Waals surface area contributed by atoms with E-state index in [4.69, 9.17) is 17.4 Å². The Balaban J connectivity index is 0.918. The molecule has 314 valence electrons. The molecule has 3 N–H and O–H groups in total. The van der Waals surface area contributed by atoms with E-state index in [2.05, 4.69) is 39.6 Å². The number of anilines is 3. The molecule has 0 bridgehead atoms. The van der Waals surface area contributed by atoms with Crippen LogP contribution in [0.5, 0.6) is 0 Å². The summed E-state index contributed by atoms with van der Waals surface area (Å²) < 4.78 is 47.5. The number of carbonyl (C=O) groups is 4. The maximum absolute atomic E-state index is 13.7. The second-order valence-corrected chi connectivity index (χ2v) is 16.9. The first-order chi connectivity index (χ1) is 27.5. The lowest BCUT2D eigenvalue weighted by atomic mass is 9.89. The van der Waals surface area contributed by atoms with Crippen LogP contribution in [0.2, 0.25) is 0 Å². The van der Waals surface area contributed by atoms with Crippen LogP contribution in [0.25, 0.3) is 0 Å². The maximum Gasteiger partial charge on any atom is 0.417 e. The van der Waals surface area contributed by atoms with Crippen molar-refractivity contribution in [3.8, 4) is 6.07 Å². The lowest BCUT2D eigenvalue weighted by molar-refractivity contribution is -0.138. The molecule has 4 aliphatic rings. The number of alkyl halides is 3. The maximum atomic E-state index is 13.7. The average Bonchev–Trinajstić information content (AvgIpc) is 3.34. The van der Waals surface area contributed by atoms with Gasteiger partial charge in [-0.05, 0) is 103 Å². The zero-order valence-electron chi connectivity index (χ0n) is 33.3. The molecule has 6 rings (SSSR count). The molecule has 3 aliphatic heterocycles. The van der Waals surface area contributed by atoms with Crippen molar-refractivity contribution in [3.05, 3.63) is 53.6 Å². The molecule has 3 saturated heterocycles. The van der Waals surface area contributed by atoms with E-state index in [1.54, 1.807) is 38.1 Å². The minimum atomic E-state index is -4.74. The number of nitrogens with one attached hydrogen (secondary N) is 3. The molecule has 13 nitrogen and oxygen atoms in total. The first-order valence-electron chi connectivity index (χ1n) is 20.0. The van der Waals surface area contributed by atoms with Crippen molar-refractivity contribution in [2.45, 2.75) is 120 Å². The molecule has 3 heterocycles. The Labute approximate surface area is 343 Å². The van der Waals surface area contributed by atoms with Gasteiger partial charge in [0.25, 0.3) is 0 Å². The third-order valence-corrected chi connectivity index (χ3v) is 12.3. The van der Waals surface area contributed by atoms with Crippen molar-refractivity contribution in [1.29, 1.82) is 5.26 Å². The zero-order valence-corrected chi connectivity index (χ0v) is 34.2. The lowest BCUT2D eigenvalue weighted by Crippen LogP contribution is -2.58. The molecule has 2 aromatic carbocycles. The van der Waals surface area contributed by atoms with E-state index < -0.39 is 34.4 Å². The lowest BCUT2D eigenvalue weighted by Gasteiger charge is -2.44. The number of hydrogen-bond acceptors (Lipinski definition) is 11. The van der Waals surface area contributed by atoms with Crippen LogP contribution in [0.3, 0.4) is 0 Å². The first kappa shape index (κ1) is 43.4. The topological polar surface area (TPSA) is 150 Å². The number of piperidine rings is 1. The largest absolute Gasteiger partial charge is 0.417 e. The molecule has 17 heteroatoms. The minimum absolute atomic E-state index is 0.0136. The Hall–Kier alpha value is -4.21. The summed E-state index contributed by atoms with van der Waals surface area (Å²) in [7, 11) is 0. The number of piperazine rings is 1. The summed E-state index contributed by atoms with van der Waals surface area (Å²) in [6.45, 7) is 11.2. The van der Waals surface area contributed by atoms with Gasteiger partial charge in [-0.3, -0.25) is 39.2 Å². The van der Waals surface area contributed by atoms with Crippen molar-refractivity contribution in [1.82, 2.24) is 20.0 Å². The van der Waals surface area contributed by atoms with Crippen molar-refractivity contribution in [2.75, 3.05) is 48.3 Å². The van der Waals surface area contributed by atoms with Gasteiger partial charge in [0.05, 0.1) is 35.4 Å². The summed E-state index contributed by atoms with van der Waals surface area (Å²) in [6, 6.07) is 11.9. The third-order valence-electron chi connectivity index (χ3n) is 11.8. The van der Waals surface area contributed by atoms with E-state index in [0.717, 1.165) is 63.9 Å². The smallest absolute Gasteiger partial charge is 0.378 e. The molecule has 4 amide bonds. The molecule has 0 aromatic heterocycles. The Morgan fingerprint density at radius 3 is 2.36 bits per heavy atom. The fraction of sp³-hybridized carbons (Fsp3) is 0.585. The van der Waals surface area contributed by atoms with Gasteiger partial charge in [-0.25, -0.2) is 0 Å². The predicted octanol–water partition coefficient (Wildman–Crippen LogP) is 5.19. The minimum Gasteiger partial charge on any atom is -0.378 e. The van der Waals surface area contributed by atoms with Crippen molar-refractivity contribution < 1.29 is 37.1 Å². The van der Waals surface area contributed by atoms with Crippen LogP contribution < -0.4 is 20.9 Å². The van der Waals surface area contributed by atoms with Crippen molar-refractivity contribution in [2.24, 2.45) is 0 Å². The van der Waals surface area contributed by atoms with Crippen molar-refractivity contribution >= 4 is 53.3 Å². The molecule has 4 fully saturated rings. The standard InChI is InChI=1S/C41H53F3N8O5S/c1-25-22-49(23-26(2)50(25)24-36(54)47-29-8-5-7-28(19-29)46-34-15-16-35(53)48-37(34)55)17-6-18-57-32-13-11-30(12-14-32)52-39(58)51(38(56)40(52,3)4)31-10-9-27(21-45)33(20-31)41(42,43)44/h5,7-10,19-20,25-26,30,32,34,39,46,58H,6,11-18,22-24H2,1-4H3,(H,47,54)(H,48,53,55)/t25-,26+,30?,32?,34?,39?. The Morgan fingerprint density at radius 1 is 1.02 bits per heavy atom. The first-order valence-corrected chi connectivity index (χ1v) is 20.5. The number of nitriles is 1. The van der Waals surface area contributed by atoms with Gasteiger partial charge in [0, 0.05) is 67.8 Å². The quantitative estimate of drug-likeness (QED) is 0.128. The fourth-order valence-electron chi connectivity index (χ4n) is 8.91. The summed E-state index contributed by atoms with van der Waals surface area (Å²) in [5.41, 5.74) is -1.99.